The maximum atomic E-state index is 12.4. The molecular weight excluding hydrogens is 332 g/mol. The van der Waals surface area contributed by atoms with Crippen molar-refractivity contribution < 1.29 is 19.1 Å². The van der Waals surface area contributed by atoms with Crippen molar-refractivity contribution in [1.29, 1.82) is 0 Å². The normalized spacial score (nSPS) is 10.5. The van der Waals surface area contributed by atoms with Gasteiger partial charge in [-0.3, -0.25) is 4.79 Å². The van der Waals surface area contributed by atoms with Gasteiger partial charge in [-0.2, -0.15) is 0 Å². The van der Waals surface area contributed by atoms with Gasteiger partial charge in [-0.05, 0) is 25.1 Å². The molecule has 6 heteroatoms. The molecule has 0 aliphatic rings. The van der Waals surface area contributed by atoms with E-state index in [4.69, 9.17) is 9.47 Å². The number of hydrogen-bond acceptors (Lipinski definition) is 4. The summed E-state index contributed by atoms with van der Waals surface area (Å²) in [7, 11) is 1.86. The van der Waals surface area contributed by atoms with E-state index in [0.717, 1.165) is 10.9 Å². The van der Waals surface area contributed by atoms with Crippen LogP contribution in [0.5, 0.6) is 5.75 Å². The summed E-state index contributed by atoms with van der Waals surface area (Å²) in [6, 6.07) is 14.6. The molecule has 1 amide bonds. The molecule has 2 aromatic carbocycles. The van der Waals surface area contributed by atoms with Crippen LogP contribution in [0.4, 0.5) is 5.69 Å². The van der Waals surface area contributed by atoms with Gasteiger partial charge in [-0.1, -0.05) is 30.3 Å². The Bertz CT molecular complexity index is 946. The summed E-state index contributed by atoms with van der Waals surface area (Å²) in [5.74, 6) is -0.385. The molecule has 6 nitrogen and oxygen atoms in total. The Morgan fingerprint density at radius 2 is 1.81 bits per heavy atom. The maximum absolute atomic E-state index is 12.4. The van der Waals surface area contributed by atoms with Gasteiger partial charge in [0.05, 0.1) is 17.9 Å². The van der Waals surface area contributed by atoms with Crippen LogP contribution in [0.1, 0.15) is 17.3 Å². The number of aryl methyl sites for hydroxylation is 1. The smallest absolute Gasteiger partial charge is 0.340 e. The number of hydrogen-bond donors (Lipinski definition) is 1. The van der Waals surface area contributed by atoms with E-state index < -0.39 is 11.9 Å². The standard InChI is InChI=1S/C20H20N2O4/c1-3-25-18-11-7-5-9-16(18)21-19(23)13-26-20(24)15-12-22(2)17-10-6-4-8-14(15)17/h4-12H,3,13H2,1-2H3,(H,21,23). The number of ether oxygens (including phenoxy) is 2. The summed E-state index contributed by atoms with van der Waals surface area (Å²) in [5.41, 5.74) is 1.90. The number of fused-ring (bicyclic) bond motifs is 1. The monoisotopic (exact) mass is 352 g/mol. The SMILES string of the molecule is CCOc1ccccc1NC(=O)COC(=O)c1cn(C)c2ccccc12. The molecule has 0 aliphatic carbocycles. The number of nitrogens with zero attached hydrogens (tertiary/aromatic N) is 1. The highest BCUT2D eigenvalue weighted by molar-refractivity contribution is 6.05. The van der Waals surface area contributed by atoms with Crippen LogP contribution < -0.4 is 10.1 Å². The average molecular weight is 352 g/mol. The predicted molar refractivity (Wildman–Crippen MR) is 99.4 cm³/mol. The topological polar surface area (TPSA) is 69.6 Å². The van der Waals surface area contributed by atoms with Gasteiger partial charge in [-0.15, -0.1) is 0 Å². The molecule has 1 aromatic heterocycles. The molecule has 0 bridgehead atoms. The molecule has 134 valence electrons. The van der Waals surface area contributed by atoms with E-state index in [-0.39, 0.29) is 6.61 Å². The average Bonchev–Trinajstić information content (AvgIpc) is 2.99. The molecule has 3 aromatic rings. The van der Waals surface area contributed by atoms with E-state index in [9.17, 15) is 9.59 Å². The number of amides is 1. The van der Waals surface area contributed by atoms with Crippen LogP contribution in [0, 0.1) is 0 Å². The number of rotatable bonds is 6. The molecule has 26 heavy (non-hydrogen) atoms. The van der Waals surface area contributed by atoms with Crippen LogP contribution in [0.2, 0.25) is 0 Å². The summed E-state index contributed by atoms with van der Waals surface area (Å²) in [5, 5.41) is 3.49. The van der Waals surface area contributed by atoms with Gasteiger partial charge in [0.15, 0.2) is 6.61 Å². The molecule has 0 spiro atoms. The van der Waals surface area contributed by atoms with Crippen LogP contribution in [-0.4, -0.2) is 29.7 Å². The highest BCUT2D eigenvalue weighted by Crippen LogP contribution is 2.24. The van der Waals surface area contributed by atoms with Gasteiger partial charge in [-0.25, -0.2) is 4.79 Å². The van der Waals surface area contributed by atoms with Crippen molar-refractivity contribution in [3.8, 4) is 5.75 Å². The van der Waals surface area contributed by atoms with Crippen molar-refractivity contribution in [2.75, 3.05) is 18.5 Å². The number of aromatic nitrogens is 1. The molecule has 0 radical (unpaired) electrons. The van der Waals surface area contributed by atoms with Crippen molar-refractivity contribution in [1.82, 2.24) is 4.57 Å². The zero-order valence-electron chi connectivity index (χ0n) is 14.7. The molecule has 0 aliphatic heterocycles. The predicted octanol–water partition coefficient (Wildman–Crippen LogP) is 3.37. The number of anilines is 1. The Morgan fingerprint density at radius 1 is 1.08 bits per heavy atom. The van der Waals surface area contributed by atoms with Crippen molar-refractivity contribution in [2.24, 2.45) is 7.05 Å². The lowest BCUT2D eigenvalue weighted by molar-refractivity contribution is -0.119. The van der Waals surface area contributed by atoms with Gasteiger partial charge in [0, 0.05) is 24.1 Å². The van der Waals surface area contributed by atoms with Crippen molar-refractivity contribution in [3.63, 3.8) is 0 Å². The first kappa shape index (κ1) is 17.5. The number of esters is 1. The number of para-hydroxylation sites is 3. The minimum Gasteiger partial charge on any atom is -0.492 e. The van der Waals surface area contributed by atoms with E-state index >= 15 is 0 Å². The maximum Gasteiger partial charge on any atom is 0.340 e. The molecule has 3 rings (SSSR count). The molecule has 0 fully saturated rings. The molecular formula is C20H20N2O4. The highest BCUT2D eigenvalue weighted by atomic mass is 16.5. The molecule has 1 heterocycles. The third-order valence-corrected chi connectivity index (χ3v) is 3.91. The first-order chi connectivity index (χ1) is 12.6. The van der Waals surface area contributed by atoms with Gasteiger partial charge in [0.2, 0.25) is 0 Å². The van der Waals surface area contributed by atoms with E-state index in [2.05, 4.69) is 5.32 Å². The van der Waals surface area contributed by atoms with E-state index in [1.807, 2.05) is 48.9 Å². The molecule has 0 atom stereocenters. The largest absolute Gasteiger partial charge is 0.492 e. The van der Waals surface area contributed by atoms with E-state index in [0.29, 0.717) is 23.6 Å². The second-order valence-electron chi connectivity index (χ2n) is 5.72. The third kappa shape index (κ3) is 3.69. The zero-order chi connectivity index (χ0) is 18.5. The Morgan fingerprint density at radius 3 is 2.62 bits per heavy atom. The first-order valence-corrected chi connectivity index (χ1v) is 8.33. The molecule has 1 N–H and O–H groups in total. The Kier molecular flexibility index (Phi) is 5.22. The van der Waals surface area contributed by atoms with Gasteiger partial charge in [0.1, 0.15) is 5.75 Å². The summed E-state index contributed by atoms with van der Waals surface area (Å²) in [6.45, 7) is 1.98. The van der Waals surface area contributed by atoms with Crippen LogP contribution in [0.15, 0.2) is 54.7 Å². The lowest BCUT2D eigenvalue weighted by Crippen LogP contribution is -2.21. The fourth-order valence-corrected chi connectivity index (χ4v) is 2.75. The van der Waals surface area contributed by atoms with Crippen LogP contribution in [0.3, 0.4) is 0 Å². The summed E-state index contributed by atoms with van der Waals surface area (Å²) >= 11 is 0. The number of carbonyl (C=O) groups excluding carboxylic acids is 2. The lowest BCUT2D eigenvalue weighted by atomic mass is 10.2. The first-order valence-electron chi connectivity index (χ1n) is 8.33. The van der Waals surface area contributed by atoms with Crippen molar-refractivity contribution >= 4 is 28.5 Å². The second-order valence-corrected chi connectivity index (χ2v) is 5.72. The summed E-state index contributed by atoms with van der Waals surface area (Å²) < 4.78 is 12.5. The Hall–Kier alpha value is -3.28. The number of nitrogens with one attached hydrogen (secondary N) is 1. The fraction of sp³-hybridized carbons (Fsp3) is 0.200. The summed E-state index contributed by atoms with van der Waals surface area (Å²) in [4.78, 5) is 24.5. The van der Waals surface area contributed by atoms with Crippen LogP contribution in [-0.2, 0) is 16.6 Å². The highest BCUT2D eigenvalue weighted by Gasteiger charge is 2.16. The van der Waals surface area contributed by atoms with Crippen molar-refractivity contribution in [2.45, 2.75) is 6.92 Å². The number of benzene rings is 2. The Balaban J connectivity index is 1.65. The minimum atomic E-state index is -0.532. The molecule has 0 saturated heterocycles. The zero-order valence-corrected chi connectivity index (χ0v) is 14.7. The van der Waals surface area contributed by atoms with Crippen LogP contribution >= 0.6 is 0 Å². The van der Waals surface area contributed by atoms with Gasteiger partial charge in [0.25, 0.3) is 5.91 Å². The lowest BCUT2D eigenvalue weighted by Gasteiger charge is -2.11. The number of carbonyl (C=O) groups is 2. The quantitative estimate of drug-likeness (QED) is 0.691. The fourth-order valence-electron chi connectivity index (χ4n) is 2.75. The van der Waals surface area contributed by atoms with E-state index in [1.54, 1.807) is 24.4 Å². The van der Waals surface area contributed by atoms with Gasteiger partial charge < -0.3 is 19.4 Å². The minimum absolute atomic E-state index is 0.373. The molecule has 0 saturated carbocycles. The van der Waals surface area contributed by atoms with Gasteiger partial charge >= 0.3 is 5.97 Å². The molecule has 0 unspecified atom stereocenters. The summed E-state index contributed by atoms with van der Waals surface area (Å²) in [6.07, 6.45) is 1.70. The van der Waals surface area contributed by atoms with E-state index in [1.165, 1.54) is 0 Å². The Labute approximate surface area is 151 Å². The van der Waals surface area contributed by atoms with Crippen molar-refractivity contribution in [3.05, 3.63) is 60.3 Å². The van der Waals surface area contributed by atoms with Crippen LogP contribution in [0.25, 0.3) is 10.9 Å². The third-order valence-electron chi connectivity index (χ3n) is 3.91. The second kappa shape index (κ2) is 7.74.